The second kappa shape index (κ2) is 7.02. The highest BCUT2D eigenvalue weighted by molar-refractivity contribution is 6.31. The molecule has 1 heterocycles. The predicted molar refractivity (Wildman–Crippen MR) is 87.5 cm³/mol. The molecule has 0 aliphatic carbocycles. The van der Waals surface area contributed by atoms with Crippen molar-refractivity contribution < 1.29 is 14.6 Å². The second-order valence-electron chi connectivity index (χ2n) is 5.55. The molecule has 0 aliphatic heterocycles. The van der Waals surface area contributed by atoms with Crippen molar-refractivity contribution >= 4 is 17.5 Å². The highest BCUT2D eigenvalue weighted by atomic mass is 35.5. The van der Waals surface area contributed by atoms with Gasteiger partial charge in [-0.2, -0.15) is 5.10 Å². The Morgan fingerprint density at radius 3 is 2.87 bits per heavy atom. The molecule has 2 rings (SSSR count). The molecule has 0 saturated carbocycles. The number of halogens is 1. The Morgan fingerprint density at radius 1 is 1.52 bits per heavy atom. The van der Waals surface area contributed by atoms with E-state index in [4.69, 9.17) is 16.3 Å². The summed E-state index contributed by atoms with van der Waals surface area (Å²) < 4.78 is 6.82. The summed E-state index contributed by atoms with van der Waals surface area (Å²) in [7, 11) is 3.29. The van der Waals surface area contributed by atoms with E-state index in [-0.39, 0.29) is 18.9 Å². The van der Waals surface area contributed by atoms with Crippen LogP contribution >= 0.6 is 11.6 Å². The SMILES string of the molecule is COc1cccc(Cl)c1CC(=O)NCC(C)(O)c1cnn(C)c1. The van der Waals surface area contributed by atoms with E-state index in [0.29, 0.717) is 21.9 Å². The first-order valence-electron chi connectivity index (χ1n) is 7.13. The summed E-state index contributed by atoms with van der Waals surface area (Å²) >= 11 is 6.12. The van der Waals surface area contributed by atoms with E-state index in [1.54, 1.807) is 49.2 Å². The molecule has 1 amide bonds. The van der Waals surface area contributed by atoms with Crippen molar-refractivity contribution in [3.63, 3.8) is 0 Å². The summed E-state index contributed by atoms with van der Waals surface area (Å²) in [6.45, 7) is 1.70. The number of carbonyl (C=O) groups is 1. The third kappa shape index (κ3) is 4.24. The van der Waals surface area contributed by atoms with E-state index in [9.17, 15) is 9.90 Å². The summed E-state index contributed by atoms with van der Waals surface area (Å²) in [6.07, 6.45) is 3.36. The number of nitrogens with one attached hydrogen (secondary N) is 1. The largest absolute Gasteiger partial charge is 0.496 e. The zero-order chi connectivity index (χ0) is 17.0. The molecule has 0 saturated heterocycles. The van der Waals surface area contributed by atoms with Gasteiger partial charge in [0.15, 0.2) is 0 Å². The van der Waals surface area contributed by atoms with Crippen LogP contribution in [0.1, 0.15) is 18.1 Å². The normalized spacial score (nSPS) is 13.4. The summed E-state index contributed by atoms with van der Waals surface area (Å²) in [5, 5.41) is 17.7. The minimum absolute atomic E-state index is 0.0737. The molecule has 0 radical (unpaired) electrons. The lowest BCUT2D eigenvalue weighted by Gasteiger charge is -2.22. The molecular formula is C16H20ClN3O3. The maximum Gasteiger partial charge on any atom is 0.224 e. The highest BCUT2D eigenvalue weighted by Crippen LogP contribution is 2.26. The lowest BCUT2D eigenvalue weighted by molar-refractivity contribution is -0.121. The van der Waals surface area contributed by atoms with Gasteiger partial charge in [0.2, 0.25) is 5.91 Å². The predicted octanol–water partition coefficient (Wildman–Crippen LogP) is 1.65. The molecule has 0 spiro atoms. The van der Waals surface area contributed by atoms with Crippen LogP contribution in [0.2, 0.25) is 5.02 Å². The van der Waals surface area contributed by atoms with Crippen LogP contribution in [-0.2, 0) is 23.9 Å². The Morgan fingerprint density at radius 2 is 2.26 bits per heavy atom. The Labute approximate surface area is 140 Å². The smallest absolute Gasteiger partial charge is 0.224 e. The molecule has 2 aromatic rings. The quantitative estimate of drug-likeness (QED) is 0.840. The number of rotatable bonds is 6. The van der Waals surface area contributed by atoms with E-state index in [0.717, 1.165) is 0 Å². The van der Waals surface area contributed by atoms with Gasteiger partial charge in [-0.3, -0.25) is 9.48 Å². The second-order valence-corrected chi connectivity index (χ2v) is 5.96. The average molecular weight is 338 g/mol. The Bertz CT molecular complexity index is 698. The molecule has 124 valence electrons. The zero-order valence-corrected chi connectivity index (χ0v) is 14.1. The van der Waals surface area contributed by atoms with Crippen molar-refractivity contribution in [3.05, 3.63) is 46.7 Å². The number of amides is 1. The number of aliphatic hydroxyl groups is 1. The van der Waals surface area contributed by atoms with Crippen LogP contribution < -0.4 is 10.1 Å². The minimum atomic E-state index is -1.20. The number of methoxy groups -OCH3 is 1. The van der Waals surface area contributed by atoms with Crippen molar-refractivity contribution in [3.8, 4) is 5.75 Å². The van der Waals surface area contributed by atoms with Gasteiger partial charge in [-0.15, -0.1) is 0 Å². The molecule has 2 N–H and O–H groups in total. The number of nitrogens with zero attached hydrogens (tertiary/aromatic N) is 2. The van der Waals surface area contributed by atoms with Gasteiger partial charge in [-0.1, -0.05) is 17.7 Å². The highest BCUT2D eigenvalue weighted by Gasteiger charge is 2.25. The van der Waals surface area contributed by atoms with Crippen LogP contribution in [0, 0.1) is 0 Å². The number of hydrogen-bond acceptors (Lipinski definition) is 4. The number of carbonyl (C=O) groups excluding carboxylic acids is 1. The van der Waals surface area contributed by atoms with Crippen LogP contribution in [0.4, 0.5) is 0 Å². The molecule has 1 aromatic heterocycles. The zero-order valence-electron chi connectivity index (χ0n) is 13.3. The Balaban J connectivity index is 2.01. The van der Waals surface area contributed by atoms with E-state index < -0.39 is 5.60 Å². The number of aromatic nitrogens is 2. The van der Waals surface area contributed by atoms with E-state index in [2.05, 4.69) is 10.4 Å². The lowest BCUT2D eigenvalue weighted by atomic mass is 9.99. The van der Waals surface area contributed by atoms with Gasteiger partial charge in [0.05, 0.1) is 26.3 Å². The van der Waals surface area contributed by atoms with Gasteiger partial charge >= 0.3 is 0 Å². The first kappa shape index (κ1) is 17.3. The van der Waals surface area contributed by atoms with Crippen molar-refractivity contribution in [1.82, 2.24) is 15.1 Å². The van der Waals surface area contributed by atoms with Crippen molar-refractivity contribution in [1.29, 1.82) is 0 Å². The van der Waals surface area contributed by atoms with E-state index >= 15 is 0 Å². The molecule has 0 bridgehead atoms. The fourth-order valence-electron chi connectivity index (χ4n) is 2.20. The molecule has 0 fully saturated rings. The molecule has 0 aliphatic rings. The van der Waals surface area contributed by atoms with Gasteiger partial charge in [0.1, 0.15) is 11.4 Å². The van der Waals surface area contributed by atoms with E-state index in [1.165, 1.54) is 7.11 Å². The van der Waals surface area contributed by atoms with Crippen molar-refractivity contribution in [2.24, 2.45) is 7.05 Å². The fourth-order valence-corrected chi connectivity index (χ4v) is 2.43. The van der Waals surface area contributed by atoms with Crippen LogP contribution in [-0.4, -0.2) is 34.4 Å². The molecule has 23 heavy (non-hydrogen) atoms. The minimum Gasteiger partial charge on any atom is -0.496 e. The molecule has 1 unspecified atom stereocenters. The van der Waals surface area contributed by atoms with Crippen LogP contribution in [0.3, 0.4) is 0 Å². The van der Waals surface area contributed by atoms with Gasteiger partial charge in [0.25, 0.3) is 0 Å². The third-order valence-electron chi connectivity index (χ3n) is 3.59. The maximum atomic E-state index is 12.2. The Kier molecular flexibility index (Phi) is 5.28. The standard InChI is InChI=1S/C16H20ClN3O3/c1-16(22,11-8-19-20(2)9-11)10-18-15(21)7-12-13(17)5-4-6-14(12)23-3/h4-6,8-9,22H,7,10H2,1-3H3,(H,18,21). The lowest BCUT2D eigenvalue weighted by Crippen LogP contribution is -2.39. The first-order chi connectivity index (χ1) is 10.8. The third-order valence-corrected chi connectivity index (χ3v) is 3.94. The molecule has 1 atom stereocenters. The summed E-state index contributed by atoms with van der Waals surface area (Å²) in [5.74, 6) is 0.312. The van der Waals surface area contributed by atoms with Gasteiger partial charge in [-0.05, 0) is 19.1 Å². The molecular weight excluding hydrogens is 318 g/mol. The molecule has 1 aromatic carbocycles. The maximum absolute atomic E-state index is 12.2. The van der Waals surface area contributed by atoms with E-state index in [1.807, 2.05) is 0 Å². The van der Waals surface area contributed by atoms with Crippen molar-refractivity contribution in [2.45, 2.75) is 18.9 Å². The summed E-state index contributed by atoms with van der Waals surface area (Å²) in [4.78, 5) is 12.2. The van der Waals surface area contributed by atoms with Crippen LogP contribution in [0.15, 0.2) is 30.6 Å². The number of ether oxygens (including phenoxy) is 1. The van der Waals surface area contributed by atoms with Gasteiger partial charge in [0, 0.05) is 29.4 Å². The Hall–Kier alpha value is -2.05. The van der Waals surface area contributed by atoms with Crippen LogP contribution in [0.25, 0.3) is 0 Å². The van der Waals surface area contributed by atoms with Crippen LogP contribution in [0.5, 0.6) is 5.75 Å². The number of benzene rings is 1. The number of hydrogen-bond donors (Lipinski definition) is 2. The van der Waals surface area contributed by atoms with Crippen molar-refractivity contribution in [2.75, 3.05) is 13.7 Å². The van der Waals surface area contributed by atoms with Gasteiger partial charge in [-0.25, -0.2) is 0 Å². The summed E-state index contributed by atoms with van der Waals surface area (Å²) in [6, 6.07) is 5.22. The topological polar surface area (TPSA) is 76.4 Å². The number of aryl methyl sites for hydroxylation is 1. The average Bonchev–Trinajstić information content (AvgIpc) is 2.95. The monoisotopic (exact) mass is 337 g/mol. The summed E-state index contributed by atoms with van der Waals surface area (Å²) in [5.41, 5.74) is 0.0555. The van der Waals surface area contributed by atoms with Gasteiger partial charge < -0.3 is 15.2 Å². The molecule has 6 nitrogen and oxygen atoms in total. The molecule has 7 heteroatoms. The first-order valence-corrected chi connectivity index (χ1v) is 7.51. The fraction of sp³-hybridized carbons (Fsp3) is 0.375.